The van der Waals surface area contributed by atoms with Crippen molar-refractivity contribution in [2.75, 3.05) is 0 Å². The Hall–Kier alpha value is -0.810. The number of benzene rings is 1. The van der Waals surface area contributed by atoms with Crippen LogP contribution in [0.25, 0.3) is 0 Å². The second-order valence-corrected chi connectivity index (χ2v) is 4.26. The Morgan fingerprint density at radius 1 is 1.73 bits per heavy atom. The van der Waals surface area contributed by atoms with Gasteiger partial charge in [0.25, 0.3) is 0 Å². The lowest BCUT2D eigenvalue weighted by Gasteiger charge is -2.07. The number of fused-ring (bicyclic) bond motifs is 1. The second-order valence-electron chi connectivity index (χ2n) is 3.14. The number of halogens is 2. The van der Waals surface area contributed by atoms with Crippen LogP contribution >= 0.6 is 11.8 Å². The molecule has 1 aliphatic rings. The molecule has 0 amide bonds. The third-order valence-corrected chi connectivity index (χ3v) is 2.62. The van der Waals surface area contributed by atoms with Gasteiger partial charge in [0.1, 0.15) is 5.75 Å². The highest BCUT2D eigenvalue weighted by Gasteiger charge is 2.41. The molecule has 0 saturated carbocycles. The van der Waals surface area contributed by atoms with Crippen LogP contribution in [0.4, 0.5) is 8.78 Å². The molecule has 82 valence electrons. The van der Waals surface area contributed by atoms with E-state index in [1.54, 1.807) is 0 Å². The highest BCUT2D eigenvalue weighted by atomic mass is 32.2. The van der Waals surface area contributed by atoms with Gasteiger partial charge in [0.05, 0.1) is 4.90 Å². The van der Waals surface area contributed by atoms with E-state index in [4.69, 9.17) is 9.85 Å². The van der Waals surface area contributed by atoms with Crippen molar-refractivity contribution in [2.45, 2.75) is 29.7 Å². The number of thioether (sulfide) groups is 1. The van der Waals surface area contributed by atoms with Crippen molar-refractivity contribution in [1.82, 2.24) is 0 Å². The molecule has 1 unspecified atom stereocenters. The molecule has 0 radical (unpaired) electrons. The van der Waals surface area contributed by atoms with Crippen LogP contribution in [0.2, 0.25) is 0 Å². The smallest absolute Gasteiger partial charge is 0.423 e. The Labute approximate surface area is 95.0 Å². The number of hydrogen-bond donors (Lipinski definition) is 1. The normalized spacial score (nSPS) is 25.5. The van der Waals surface area contributed by atoms with Gasteiger partial charge in [-0.1, -0.05) is 6.07 Å². The molecule has 1 aromatic carbocycles. The molecule has 15 heavy (non-hydrogen) atoms. The zero-order valence-electron chi connectivity index (χ0n) is 10.9. The SMILES string of the molecule is [2H]C(C)(N)C([2H])([2H])c1ccc2c(c1)OC(F)(F)S2. The van der Waals surface area contributed by atoms with Gasteiger partial charge in [-0.25, -0.2) is 0 Å². The minimum Gasteiger partial charge on any atom is -0.423 e. The third kappa shape index (κ3) is 2.41. The maximum Gasteiger partial charge on any atom is 0.457 e. The fraction of sp³-hybridized carbons (Fsp3) is 0.400. The van der Waals surface area contributed by atoms with E-state index >= 15 is 0 Å². The Balaban J connectivity index is 2.41. The minimum absolute atomic E-state index is 0.0413. The summed E-state index contributed by atoms with van der Waals surface area (Å²) in [4.78, 5) is 0.239. The average Bonchev–Trinajstić information content (AvgIpc) is 2.48. The number of alkyl halides is 2. The summed E-state index contributed by atoms with van der Waals surface area (Å²) in [6.07, 6.45) is -2.17. The first-order chi connectivity index (χ1) is 8.03. The van der Waals surface area contributed by atoms with Crippen molar-refractivity contribution >= 4 is 11.8 Å². The summed E-state index contributed by atoms with van der Waals surface area (Å²) in [6.45, 7) is 1.21. The molecular formula is C10H11F2NOS. The highest BCUT2D eigenvalue weighted by molar-refractivity contribution is 8.00. The van der Waals surface area contributed by atoms with Crippen molar-refractivity contribution in [3.05, 3.63) is 23.8 Å². The lowest BCUT2D eigenvalue weighted by molar-refractivity contribution is -0.0822. The monoisotopic (exact) mass is 234 g/mol. The number of ether oxygens (including phenoxy) is 1. The lowest BCUT2D eigenvalue weighted by Crippen LogP contribution is -2.17. The van der Waals surface area contributed by atoms with Gasteiger partial charge in [-0.3, -0.25) is 0 Å². The Bertz CT molecular complexity index is 491. The maximum atomic E-state index is 13.0. The molecule has 1 aromatic rings. The summed E-state index contributed by atoms with van der Waals surface area (Å²) in [5, 5.41) is 0. The summed E-state index contributed by atoms with van der Waals surface area (Å²) in [6, 6.07) is 1.98. The van der Waals surface area contributed by atoms with Crippen LogP contribution in [0.5, 0.6) is 5.75 Å². The molecule has 0 bridgehead atoms. The maximum absolute atomic E-state index is 13.0. The van der Waals surface area contributed by atoms with Crippen LogP contribution in [-0.4, -0.2) is 11.5 Å². The van der Waals surface area contributed by atoms with Gasteiger partial charge < -0.3 is 10.5 Å². The topological polar surface area (TPSA) is 35.2 Å². The summed E-state index contributed by atoms with van der Waals surface area (Å²) in [5.41, 5.74) is 2.15. The van der Waals surface area contributed by atoms with E-state index in [2.05, 4.69) is 4.74 Å². The van der Waals surface area contributed by atoms with Crippen LogP contribution < -0.4 is 10.5 Å². The summed E-state index contributed by atoms with van der Waals surface area (Å²) < 4.78 is 53.5. The van der Waals surface area contributed by atoms with Gasteiger partial charge in [0, 0.05) is 10.1 Å². The molecule has 0 aliphatic carbocycles. The van der Waals surface area contributed by atoms with Crippen molar-refractivity contribution in [1.29, 1.82) is 0 Å². The highest BCUT2D eigenvalue weighted by Crippen LogP contribution is 2.49. The van der Waals surface area contributed by atoms with Gasteiger partial charge in [-0.2, -0.15) is 8.78 Å². The predicted octanol–water partition coefficient (Wildman–Crippen LogP) is 2.61. The summed E-state index contributed by atoms with van der Waals surface area (Å²) in [5.74, 6) is -0.0874. The summed E-state index contributed by atoms with van der Waals surface area (Å²) >= 11 is 0.264. The quantitative estimate of drug-likeness (QED) is 0.854. The molecule has 1 heterocycles. The third-order valence-electron chi connectivity index (χ3n) is 1.74. The minimum atomic E-state index is -3.33. The first kappa shape index (κ1) is 7.46. The second kappa shape index (κ2) is 3.64. The van der Waals surface area contributed by atoms with Crippen LogP contribution in [-0.2, 0) is 6.37 Å². The van der Waals surface area contributed by atoms with Gasteiger partial charge in [0.15, 0.2) is 0 Å². The van der Waals surface area contributed by atoms with Crippen LogP contribution in [0.15, 0.2) is 23.1 Å². The zero-order chi connectivity index (χ0) is 13.8. The lowest BCUT2D eigenvalue weighted by atomic mass is 10.1. The molecule has 0 spiro atoms. The first-order valence-corrected chi connectivity index (χ1v) is 5.04. The van der Waals surface area contributed by atoms with Gasteiger partial charge in [0.2, 0.25) is 0 Å². The standard InChI is InChI=1S/C10H11F2NOS/c1-6(13)4-7-2-3-9-8(5-7)14-10(11,12)15-9/h2-3,5-6H,4,13H2,1H3/i4D2,6D. The number of hydrogen-bond acceptors (Lipinski definition) is 3. The summed E-state index contributed by atoms with van der Waals surface area (Å²) in [7, 11) is 0. The van der Waals surface area contributed by atoms with E-state index in [9.17, 15) is 8.78 Å². The van der Waals surface area contributed by atoms with E-state index < -0.39 is 17.8 Å². The fourth-order valence-electron chi connectivity index (χ4n) is 1.25. The fourth-order valence-corrected chi connectivity index (χ4v) is 1.98. The van der Waals surface area contributed by atoms with Crippen molar-refractivity contribution in [3.8, 4) is 5.75 Å². The molecule has 1 aliphatic heterocycles. The first-order valence-electron chi connectivity index (χ1n) is 5.72. The Morgan fingerprint density at radius 2 is 2.47 bits per heavy atom. The van der Waals surface area contributed by atoms with Crippen LogP contribution in [0.3, 0.4) is 0 Å². The molecule has 1 atom stereocenters. The van der Waals surface area contributed by atoms with Crippen molar-refractivity contribution < 1.29 is 17.6 Å². The predicted molar refractivity (Wildman–Crippen MR) is 55.2 cm³/mol. The molecule has 5 heteroatoms. The largest absolute Gasteiger partial charge is 0.457 e. The average molecular weight is 234 g/mol. The molecule has 0 fully saturated rings. The molecule has 0 aromatic heterocycles. The van der Waals surface area contributed by atoms with Gasteiger partial charge in [-0.05, 0) is 42.8 Å². The number of rotatable bonds is 2. The van der Waals surface area contributed by atoms with E-state index in [0.29, 0.717) is 0 Å². The number of nitrogens with two attached hydrogens (primary N) is 1. The van der Waals surface area contributed by atoms with E-state index in [0.717, 1.165) is 0 Å². The van der Waals surface area contributed by atoms with Crippen LogP contribution in [0, 0.1) is 0 Å². The van der Waals surface area contributed by atoms with Crippen molar-refractivity contribution in [3.63, 3.8) is 0 Å². The molecule has 2 rings (SSSR count). The van der Waals surface area contributed by atoms with Crippen molar-refractivity contribution in [2.24, 2.45) is 5.73 Å². The molecule has 2 N–H and O–H groups in total. The molecule has 0 saturated heterocycles. The van der Waals surface area contributed by atoms with E-state index in [1.807, 2.05) is 0 Å². The Morgan fingerprint density at radius 3 is 3.13 bits per heavy atom. The van der Waals surface area contributed by atoms with E-state index in [-0.39, 0.29) is 28.0 Å². The molecular weight excluding hydrogens is 220 g/mol. The molecule has 2 nitrogen and oxygen atoms in total. The van der Waals surface area contributed by atoms with Gasteiger partial charge in [-0.15, -0.1) is 0 Å². The zero-order valence-corrected chi connectivity index (χ0v) is 8.70. The Kier molecular flexibility index (Phi) is 1.81. The van der Waals surface area contributed by atoms with Crippen LogP contribution in [0.1, 0.15) is 16.6 Å². The van der Waals surface area contributed by atoms with Gasteiger partial charge >= 0.3 is 5.44 Å². The van der Waals surface area contributed by atoms with E-state index in [1.165, 1.54) is 25.1 Å².